The first-order valence-corrected chi connectivity index (χ1v) is 15.6. The molecule has 0 spiro atoms. The minimum atomic E-state index is -5.10. The van der Waals surface area contributed by atoms with Crippen LogP contribution in [0.2, 0.25) is 0 Å². The molecule has 3 aliphatic heterocycles. The highest BCUT2D eigenvalue weighted by molar-refractivity contribution is 5.90. The van der Waals surface area contributed by atoms with E-state index in [1.807, 2.05) is 0 Å². The molecule has 1 amide bonds. The molecule has 2 aromatic rings. The molecule has 19 heteroatoms. The van der Waals surface area contributed by atoms with E-state index in [4.69, 9.17) is 14.2 Å². The Hall–Kier alpha value is -3.81. The SMILES string of the molecule is CCOC(=O)N1c2ccc(C(F)(F)F)cc2[C@@H](N=C2NNN(CC3COC(C)(C)O3)N2Cc2cc(C(F)(F)F)cc(C(F)(F)F)c2)C[C@H]1CC. The van der Waals surface area contributed by atoms with Crippen LogP contribution in [0.15, 0.2) is 41.4 Å². The predicted molar refractivity (Wildman–Crippen MR) is 160 cm³/mol. The lowest BCUT2D eigenvalue weighted by Gasteiger charge is -2.39. The summed E-state index contributed by atoms with van der Waals surface area (Å²) < 4.78 is 141. The maximum Gasteiger partial charge on any atom is 0.416 e. The highest BCUT2D eigenvalue weighted by Gasteiger charge is 2.42. The number of alkyl halides is 9. The van der Waals surface area contributed by atoms with Gasteiger partial charge in [-0.1, -0.05) is 6.92 Å². The molecule has 0 aromatic heterocycles. The summed E-state index contributed by atoms with van der Waals surface area (Å²) in [5.74, 6) is -1.09. The third-order valence-corrected chi connectivity index (χ3v) is 8.30. The minimum absolute atomic E-state index is 0.00632. The summed E-state index contributed by atoms with van der Waals surface area (Å²) in [7, 11) is 0. The number of ether oxygens (including phenoxy) is 3. The molecule has 0 bridgehead atoms. The van der Waals surface area contributed by atoms with Crippen molar-refractivity contribution in [3.63, 3.8) is 0 Å². The van der Waals surface area contributed by atoms with E-state index in [1.54, 1.807) is 27.7 Å². The summed E-state index contributed by atoms with van der Waals surface area (Å²) in [6, 6.07) is 2.38. The second kappa shape index (κ2) is 13.7. The van der Waals surface area contributed by atoms with Crippen molar-refractivity contribution in [2.75, 3.05) is 24.7 Å². The molecule has 276 valence electrons. The Kier molecular flexibility index (Phi) is 10.3. The van der Waals surface area contributed by atoms with Crippen LogP contribution in [0.3, 0.4) is 0 Å². The van der Waals surface area contributed by atoms with E-state index in [9.17, 15) is 44.3 Å². The van der Waals surface area contributed by atoms with Gasteiger partial charge in [0, 0.05) is 11.6 Å². The van der Waals surface area contributed by atoms with Crippen LogP contribution >= 0.6 is 0 Å². The maximum absolute atomic E-state index is 13.9. The van der Waals surface area contributed by atoms with E-state index >= 15 is 0 Å². The summed E-state index contributed by atoms with van der Waals surface area (Å²) in [6.45, 7) is 6.15. The Morgan fingerprint density at radius 1 is 0.960 bits per heavy atom. The van der Waals surface area contributed by atoms with E-state index in [1.165, 1.54) is 15.0 Å². The van der Waals surface area contributed by atoms with Gasteiger partial charge in [0.2, 0.25) is 5.96 Å². The Bertz CT molecular complexity index is 1570. The zero-order valence-corrected chi connectivity index (χ0v) is 27.3. The zero-order chi connectivity index (χ0) is 36.8. The maximum atomic E-state index is 13.9. The molecule has 3 heterocycles. The lowest BCUT2D eigenvalue weighted by molar-refractivity contribution is -0.146. The number of carbonyl (C=O) groups is 1. The molecular weight excluding hydrogens is 691 g/mol. The van der Waals surface area contributed by atoms with Gasteiger partial charge in [0.15, 0.2) is 5.79 Å². The van der Waals surface area contributed by atoms with Crippen molar-refractivity contribution < 1.29 is 58.5 Å². The van der Waals surface area contributed by atoms with Gasteiger partial charge >= 0.3 is 24.6 Å². The monoisotopic (exact) mass is 726 g/mol. The van der Waals surface area contributed by atoms with Crippen molar-refractivity contribution in [1.82, 2.24) is 21.1 Å². The molecule has 10 nitrogen and oxygen atoms in total. The van der Waals surface area contributed by atoms with Crippen LogP contribution in [0.4, 0.5) is 50.0 Å². The molecular formula is C31H35F9N6O4. The van der Waals surface area contributed by atoms with Crippen LogP contribution in [0.25, 0.3) is 0 Å². The number of hydrazine groups is 3. The molecule has 2 saturated heterocycles. The van der Waals surface area contributed by atoms with E-state index in [2.05, 4.69) is 16.0 Å². The molecule has 0 aliphatic carbocycles. The summed E-state index contributed by atoms with van der Waals surface area (Å²) in [5.41, 5.74) is 1.21. The standard InChI is InChI=1S/C31H35F9N6O4/c1-5-21-13-24(23-12-18(29(32,33)34)7-8-25(23)46(21)27(47)48-6-2)41-26-42-43-45(15-22-16-49-28(3,4)50-22)44(26)14-17-9-19(30(35,36)37)11-20(10-17)31(38,39)40/h7-12,21-22,24,43H,5-6,13-16H2,1-4H3,(H,41,42)/t21-,22?,24+/m1/s1. The summed E-state index contributed by atoms with van der Waals surface area (Å²) in [5, 5.41) is 2.55. The molecule has 2 N–H and O–H groups in total. The van der Waals surface area contributed by atoms with E-state index < -0.39 is 71.8 Å². The second-order valence-electron chi connectivity index (χ2n) is 12.3. The number of halogens is 9. The van der Waals surface area contributed by atoms with Gasteiger partial charge in [0.25, 0.3) is 0 Å². The molecule has 50 heavy (non-hydrogen) atoms. The lowest BCUT2D eigenvalue weighted by atomic mass is 9.89. The van der Waals surface area contributed by atoms with Crippen molar-refractivity contribution in [2.24, 2.45) is 4.99 Å². The number of aliphatic imine (C=N–C) groups is 1. The smallest absolute Gasteiger partial charge is 0.416 e. The van der Waals surface area contributed by atoms with Crippen LogP contribution in [-0.4, -0.2) is 59.9 Å². The lowest BCUT2D eigenvalue weighted by Crippen LogP contribution is -2.48. The van der Waals surface area contributed by atoms with Crippen LogP contribution in [0, 0.1) is 0 Å². The number of anilines is 1. The van der Waals surface area contributed by atoms with Gasteiger partial charge in [-0.3, -0.25) is 15.3 Å². The average molecular weight is 727 g/mol. The Labute approximate surface area is 281 Å². The highest BCUT2D eigenvalue weighted by Crippen LogP contribution is 2.44. The number of nitrogens with one attached hydrogen (secondary N) is 2. The quantitative estimate of drug-likeness (QED) is 0.291. The summed E-state index contributed by atoms with van der Waals surface area (Å²) >= 11 is 0. The first-order valence-electron chi connectivity index (χ1n) is 15.6. The molecule has 2 fully saturated rings. The molecule has 0 saturated carbocycles. The Morgan fingerprint density at radius 3 is 2.14 bits per heavy atom. The number of benzene rings is 2. The third kappa shape index (κ3) is 8.21. The number of carbonyl (C=O) groups excluding carboxylic acids is 1. The van der Waals surface area contributed by atoms with E-state index in [0.717, 1.165) is 18.2 Å². The summed E-state index contributed by atoms with van der Waals surface area (Å²) in [4.78, 5) is 18.9. The van der Waals surface area contributed by atoms with Gasteiger partial charge in [0.05, 0.1) is 54.7 Å². The normalized spacial score (nSPS) is 23.7. The molecule has 3 atom stereocenters. The van der Waals surface area contributed by atoms with Crippen molar-refractivity contribution in [3.05, 3.63) is 64.2 Å². The van der Waals surface area contributed by atoms with Crippen molar-refractivity contribution >= 4 is 17.7 Å². The van der Waals surface area contributed by atoms with Crippen LogP contribution < -0.4 is 15.9 Å². The number of hydrogen-bond donors (Lipinski definition) is 2. The zero-order valence-electron chi connectivity index (χ0n) is 27.3. The second-order valence-corrected chi connectivity index (χ2v) is 12.3. The molecule has 5 rings (SSSR count). The number of amides is 1. The van der Waals surface area contributed by atoms with E-state index in [0.29, 0.717) is 18.6 Å². The average Bonchev–Trinajstić information content (AvgIpc) is 3.55. The number of nitrogens with zero attached hydrogens (tertiary/aromatic N) is 4. The first-order chi connectivity index (χ1) is 23.2. The predicted octanol–water partition coefficient (Wildman–Crippen LogP) is 7.18. The number of guanidine groups is 1. The molecule has 0 radical (unpaired) electrons. The van der Waals surface area contributed by atoms with Crippen LogP contribution in [-0.2, 0) is 39.3 Å². The van der Waals surface area contributed by atoms with Gasteiger partial charge in [0.1, 0.15) is 6.10 Å². The van der Waals surface area contributed by atoms with Gasteiger partial charge in [-0.15, -0.1) is 10.7 Å². The minimum Gasteiger partial charge on any atom is -0.449 e. The first kappa shape index (κ1) is 37.4. The molecule has 3 aliphatic rings. The number of fused-ring (bicyclic) bond motifs is 1. The highest BCUT2D eigenvalue weighted by atomic mass is 19.4. The van der Waals surface area contributed by atoms with Crippen molar-refractivity contribution in [3.8, 4) is 0 Å². The molecule has 1 unspecified atom stereocenters. The van der Waals surface area contributed by atoms with Crippen molar-refractivity contribution in [2.45, 2.75) is 89.6 Å². The van der Waals surface area contributed by atoms with Gasteiger partial charge < -0.3 is 14.2 Å². The fourth-order valence-corrected chi connectivity index (χ4v) is 6.05. The van der Waals surface area contributed by atoms with E-state index in [-0.39, 0.29) is 55.0 Å². The van der Waals surface area contributed by atoms with Crippen molar-refractivity contribution in [1.29, 1.82) is 0 Å². The fourth-order valence-electron chi connectivity index (χ4n) is 6.05. The van der Waals surface area contributed by atoms with Crippen LogP contribution in [0.1, 0.15) is 74.4 Å². The Balaban J connectivity index is 1.59. The fraction of sp³-hybridized carbons (Fsp3) is 0.548. The topological polar surface area (TPSA) is 90.9 Å². The Morgan fingerprint density at radius 2 is 1.60 bits per heavy atom. The van der Waals surface area contributed by atoms with Gasteiger partial charge in [-0.2, -0.15) is 39.5 Å². The van der Waals surface area contributed by atoms with Crippen LogP contribution in [0.5, 0.6) is 0 Å². The number of rotatable bonds is 7. The van der Waals surface area contributed by atoms with Gasteiger partial charge in [-0.05, 0) is 75.6 Å². The molecule has 2 aromatic carbocycles. The third-order valence-electron chi connectivity index (χ3n) is 8.30. The largest absolute Gasteiger partial charge is 0.449 e. The van der Waals surface area contributed by atoms with Gasteiger partial charge in [-0.25, -0.2) is 9.79 Å². The number of hydrogen-bond acceptors (Lipinski definition) is 7. The summed E-state index contributed by atoms with van der Waals surface area (Å²) in [6.07, 6.45) is -16.0.